The molecule has 2 bridgehead atoms. The van der Waals surface area contributed by atoms with Gasteiger partial charge in [-0.15, -0.1) is 24.2 Å². The molecule has 0 aromatic heterocycles. The Morgan fingerprint density at radius 3 is 2.71 bits per heavy atom. The third-order valence-corrected chi connectivity index (χ3v) is 5.32. The van der Waals surface area contributed by atoms with Gasteiger partial charge >= 0.3 is 0 Å². The summed E-state index contributed by atoms with van der Waals surface area (Å²) in [4.78, 5) is 15.9. The third kappa shape index (κ3) is 3.93. The highest BCUT2D eigenvalue weighted by molar-refractivity contribution is 8.00. The number of carbonyl (C=O) groups excluding carboxylic acids is 1. The summed E-state index contributed by atoms with van der Waals surface area (Å²) < 4.78 is 0. The Morgan fingerprint density at radius 1 is 1.24 bits per heavy atom. The van der Waals surface area contributed by atoms with Crippen LogP contribution in [0.15, 0.2) is 29.2 Å². The molecule has 1 N–H and O–H groups in total. The number of nitrogens with one attached hydrogen (secondary N) is 1. The SMILES string of the molecule is Cc1ccc(SCC(=O)N2C3CCNCC2CC3)cc1.Cl. The predicted molar refractivity (Wildman–Crippen MR) is 90.3 cm³/mol. The van der Waals surface area contributed by atoms with Crippen LogP contribution in [0.4, 0.5) is 0 Å². The number of carbonyl (C=O) groups is 1. The molecule has 2 fully saturated rings. The average molecular weight is 327 g/mol. The minimum Gasteiger partial charge on any atom is -0.335 e. The van der Waals surface area contributed by atoms with E-state index in [0.29, 0.717) is 23.7 Å². The van der Waals surface area contributed by atoms with Gasteiger partial charge in [-0.2, -0.15) is 0 Å². The molecule has 0 aliphatic carbocycles. The van der Waals surface area contributed by atoms with Crippen LogP contribution >= 0.6 is 24.2 Å². The molecule has 116 valence electrons. The standard InChI is InChI=1S/C16H22N2OS.ClH/c1-12-2-6-15(7-3-12)20-11-16(19)18-13-4-5-14(18)10-17-9-8-13;/h2-3,6-7,13-14,17H,4-5,8-11H2,1H3;1H. The number of halogens is 1. The molecule has 0 radical (unpaired) electrons. The van der Waals surface area contributed by atoms with Crippen LogP contribution in [0.2, 0.25) is 0 Å². The maximum absolute atomic E-state index is 12.5. The van der Waals surface area contributed by atoms with Crippen LogP contribution in [0.1, 0.15) is 24.8 Å². The number of aryl methyl sites for hydroxylation is 1. The first kappa shape index (κ1) is 16.7. The Morgan fingerprint density at radius 2 is 1.95 bits per heavy atom. The summed E-state index contributed by atoms with van der Waals surface area (Å²) in [5, 5.41) is 3.44. The number of hydrogen-bond acceptors (Lipinski definition) is 3. The Hall–Kier alpha value is -0.710. The van der Waals surface area contributed by atoms with Crippen LogP contribution in [0, 0.1) is 6.92 Å². The van der Waals surface area contributed by atoms with Crippen LogP contribution in [-0.4, -0.2) is 41.7 Å². The van der Waals surface area contributed by atoms with Gasteiger partial charge in [-0.05, 0) is 44.9 Å². The molecule has 2 unspecified atom stereocenters. The fraction of sp³-hybridized carbons (Fsp3) is 0.562. The molecule has 2 aliphatic rings. The molecule has 21 heavy (non-hydrogen) atoms. The largest absolute Gasteiger partial charge is 0.335 e. The normalized spacial score (nSPS) is 24.3. The second-order valence-corrected chi connectivity index (χ2v) is 6.83. The Balaban J connectivity index is 0.00000161. The number of benzene rings is 1. The van der Waals surface area contributed by atoms with Gasteiger partial charge in [0.15, 0.2) is 0 Å². The highest BCUT2D eigenvalue weighted by atomic mass is 35.5. The van der Waals surface area contributed by atoms with Crippen molar-refractivity contribution in [3.63, 3.8) is 0 Å². The first-order chi connectivity index (χ1) is 9.74. The van der Waals surface area contributed by atoms with E-state index in [1.54, 1.807) is 11.8 Å². The fourth-order valence-corrected chi connectivity index (χ4v) is 4.01. The number of thioether (sulfide) groups is 1. The van der Waals surface area contributed by atoms with Crippen molar-refractivity contribution >= 4 is 30.1 Å². The first-order valence-corrected chi connectivity index (χ1v) is 8.44. The molecular weight excluding hydrogens is 304 g/mol. The lowest BCUT2D eigenvalue weighted by Gasteiger charge is -2.27. The van der Waals surface area contributed by atoms with E-state index < -0.39 is 0 Å². The third-order valence-electron chi connectivity index (χ3n) is 4.33. The van der Waals surface area contributed by atoms with Gasteiger partial charge in [-0.25, -0.2) is 0 Å². The summed E-state index contributed by atoms with van der Waals surface area (Å²) in [7, 11) is 0. The van der Waals surface area contributed by atoms with Crippen molar-refractivity contribution in [3.05, 3.63) is 29.8 Å². The van der Waals surface area contributed by atoms with Crippen LogP contribution in [0.25, 0.3) is 0 Å². The van der Waals surface area contributed by atoms with Gasteiger partial charge in [-0.3, -0.25) is 4.79 Å². The monoisotopic (exact) mass is 326 g/mol. The molecule has 0 saturated carbocycles. The smallest absolute Gasteiger partial charge is 0.233 e. The van der Waals surface area contributed by atoms with Gasteiger partial charge in [0.1, 0.15) is 0 Å². The molecule has 2 heterocycles. The molecule has 1 aromatic carbocycles. The summed E-state index contributed by atoms with van der Waals surface area (Å²) in [5.41, 5.74) is 1.26. The minimum absolute atomic E-state index is 0. The minimum atomic E-state index is 0. The molecule has 1 aromatic rings. The number of hydrogen-bond donors (Lipinski definition) is 1. The van der Waals surface area contributed by atoms with E-state index in [0.717, 1.165) is 19.5 Å². The van der Waals surface area contributed by atoms with E-state index in [2.05, 4.69) is 41.4 Å². The molecule has 3 nitrogen and oxygen atoms in total. The zero-order valence-corrected chi connectivity index (χ0v) is 14.0. The van der Waals surface area contributed by atoms with Crippen LogP contribution in [0.3, 0.4) is 0 Å². The van der Waals surface area contributed by atoms with Gasteiger partial charge < -0.3 is 10.2 Å². The zero-order valence-electron chi connectivity index (χ0n) is 12.4. The molecule has 2 atom stereocenters. The molecule has 2 saturated heterocycles. The van der Waals surface area contributed by atoms with Crippen molar-refractivity contribution in [2.75, 3.05) is 18.8 Å². The van der Waals surface area contributed by atoms with Crippen molar-refractivity contribution in [2.45, 2.75) is 43.2 Å². The Labute approximate surface area is 137 Å². The number of rotatable bonds is 3. The zero-order chi connectivity index (χ0) is 13.9. The summed E-state index contributed by atoms with van der Waals surface area (Å²) in [6.45, 7) is 4.11. The maximum Gasteiger partial charge on any atom is 0.233 e. The van der Waals surface area contributed by atoms with E-state index in [1.807, 2.05) is 0 Å². The number of nitrogens with zero attached hydrogens (tertiary/aromatic N) is 1. The lowest BCUT2D eigenvalue weighted by atomic mass is 10.1. The van der Waals surface area contributed by atoms with Crippen molar-refractivity contribution in [1.82, 2.24) is 10.2 Å². The summed E-state index contributed by atoms with van der Waals surface area (Å²) >= 11 is 1.66. The molecule has 0 spiro atoms. The summed E-state index contributed by atoms with van der Waals surface area (Å²) in [6.07, 6.45) is 3.46. The van der Waals surface area contributed by atoms with Crippen molar-refractivity contribution in [2.24, 2.45) is 0 Å². The van der Waals surface area contributed by atoms with Gasteiger partial charge in [0.05, 0.1) is 5.75 Å². The number of amides is 1. The van der Waals surface area contributed by atoms with E-state index in [-0.39, 0.29) is 12.4 Å². The topological polar surface area (TPSA) is 32.3 Å². The highest BCUT2D eigenvalue weighted by Crippen LogP contribution is 2.29. The lowest BCUT2D eigenvalue weighted by Crippen LogP contribution is -2.43. The fourth-order valence-electron chi connectivity index (χ4n) is 3.24. The van der Waals surface area contributed by atoms with E-state index in [1.165, 1.54) is 23.3 Å². The van der Waals surface area contributed by atoms with Gasteiger partial charge in [0.25, 0.3) is 0 Å². The van der Waals surface area contributed by atoms with Gasteiger partial charge in [-0.1, -0.05) is 17.7 Å². The second kappa shape index (κ2) is 7.52. The second-order valence-electron chi connectivity index (χ2n) is 5.78. The quantitative estimate of drug-likeness (QED) is 0.867. The predicted octanol–water partition coefficient (Wildman–Crippen LogP) is 2.86. The Kier molecular flexibility index (Phi) is 5.97. The van der Waals surface area contributed by atoms with Gasteiger partial charge in [0, 0.05) is 23.5 Å². The van der Waals surface area contributed by atoms with Gasteiger partial charge in [0.2, 0.25) is 5.91 Å². The highest BCUT2D eigenvalue weighted by Gasteiger charge is 2.37. The Bertz CT molecular complexity index is 466. The molecule has 1 amide bonds. The van der Waals surface area contributed by atoms with Crippen LogP contribution < -0.4 is 5.32 Å². The van der Waals surface area contributed by atoms with Crippen LogP contribution in [-0.2, 0) is 4.79 Å². The number of fused-ring (bicyclic) bond motifs is 2. The molecule has 3 rings (SSSR count). The van der Waals surface area contributed by atoms with Crippen molar-refractivity contribution in [1.29, 1.82) is 0 Å². The van der Waals surface area contributed by atoms with E-state index in [9.17, 15) is 4.79 Å². The summed E-state index contributed by atoms with van der Waals surface area (Å²) in [6, 6.07) is 9.31. The van der Waals surface area contributed by atoms with E-state index >= 15 is 0 Å². The average Bonchev–Trinajstić information content (AvgIpc) is 2.71. The van der Waals surface area contributed by atoms with Crippen molar-refractivity contribution < 1.29 is 4.79 Å². The maximum atomic E-state index is 12.5. The summed E-state index contributed by atoms with van der Waals surface area (Å²) in [5.74, 6) is 0.877. The first-order valence-electron chi connectivity index (χ1n) is 7.45. The molecule has 5 heteroatoms. The van der Waals surface area contributed by atoms with Crippen LogP contribution in [0.5, 0.6) is 0 Å². The van der Waals surface area contributed by atoms with Crippen molar-refractivity contribution in [3.8, 4) is 0 Å². The lowest BCUT2D eigenvalue weighted by molar-refractivity contribution is -0.130. The van der Waals surface area contributed by atoms with E-state index in [4.69, 9.17) is 0 Å². The molecular formula is C16H23ClN2OS. The molecule has 2 aliphatic heterocycles.